The first-order valence-electron chi connectivity index (χ1n) is 10.5. The van der Waals surface area contributed by atoms with E-state index in [2.05, 4.69) is 10.3 Å². The summed E-state index contributed by atoms with van der Waals surface area (Å²) in [6.45, 7) is 3.55. The number of likely N-dealkylation sites (tertiary alicyclic amines) is 1. The number of fused-ring (bicyclic) bond motifs is 1. The normalized spacial score (nSPS) is 24.7. The Hall–Kier alpha value is -2.69. The number of hydrogen-bond acceptors (Lipinski definition) is 5. The first kappa shape index (κ1) is 24.0. The minimum atomic E-state index is -5.08. The van der Waals surface area contributed by atoms with Crippen LogP contribution in [0.1, 0.15) is 29.6 Å². The first-order chi connectivity index (χ1) is 15.1. The molecule has 0 bridgehead atoms. The minimum Gasteiger partial charge on any atom is -0.475 e. The van der Waals surface area contributed by atoms with Crippen molar-refractivity contribution >= 4 is 17.8 Å². The number of aromatic nitrogens is 1. The molecule has 1 aromatic rings. The summed E-state index contributed by atoms with van der Waals surface area (Å²) < 4.78 is 37.5. The Labute approximate surface area is 183 Å². The van der Waals surface area contributed by atoms with E-state index in [0.717, 1.165) is 13.1 Å². The SMILES string of the molecule is O=C(C[C@@H]1COC[C@H]2CN(C(=O)c3ccncc3)C[C@@H]12)NCC1CC1.O=C(O)C(F)(F)F. The molecule has 2 saturated heterocycles. The van der Waals surface area contributed by atoms with Crippen LogP contribution in [0.4, 0.5) is 13.2 Å². The molecule has 11 heteroatoms. The molecule has 3 heterocycles. The van der Waals surface area contributed by atoms with Gasteiger partial charge in [-0.3, -0.25) is 14.6 Å². The highest BCUT2D eigenvalue weighted by atomic mass is 19.4. The number of ether oxygens (including phenoxy) is 1. The van der Waals surface area contributed by atoms with Crippen molar-refractivity contribution in [2.24, 2.45) is 23.7 Å². The quantitative estimate of drug-likeness (QED) is 0.700. The summed E-state index contributed by atoms with van der Waals surface area (Å²) in [6.07, 6.45) is 1.19. The predicted octanol–water partition coefficient (Wildman–Crippen LogP) is 1.97. The van der Waals surface area contributed by atoms with Crippen molar-refractivity contribution in [3.8, 4) is 0 Å². The molecule has 2 N–H and O–H groups in total. The zero-order valence-electron chi connectivity index (χ0n) is 17.4. The number of amides is 2. The van der Waals surface area contributed by atoms with Crippen LogP contribution in [0.25, 0.3) is 0 Å². The highest BCUT2D eigenvalue weighted by Crippen LogP contribution is 2.36. The summed E-state index contributed by atoms with van der Waals surface area (Å²) in [5.74, 6) is -0.999. The van der Waals surface area contributed by atoms with E-state index in [0.29, 0.717) is 49.5 Å². The third kappa shape index (κ3) is 6.65. The lowest BCUT2D eigenvalue weighted by Crippen LogP contribution is -2.38. The summed E-state index contributed by atoms with van der Waals surface area (Å²) >= 11 is 0. The monoisotopic (exact) mass is 457 g/mol. The Kier molecular flexibility index (Phi) is 7.70. The Bertz CT molecular complexity index is 817. The van der Waals surface area contributed by atoms with Crippen molar-refractivity contribution in [3.63, 3.8) is 0 Å². The summed E-state index contributed by atoms with van der Waals surface area (Å²) in [5.41, 5.74) is 0.674. The van der Waals surface area contributed by atoms with Gasteiger partial charge in [0.05, 0.1) is 13.2 Å². The average molecular weight is 457 g/mol. The van der Waals surface area contributed by atoms with Gasteiger partial charge in [0.2, 0.25) is 5.91 Å². The predicted molar refractivity (Wildman–Crippen MR) is 105 cm³/mol. The van der Waals surface area contributed by atoms with Gasteiger partial charge in [0.25, 0.3) is 5.91 Å². The fraction of sp³-hybridized carbons (Fsp3) is 0.619. The lowest BCUT2D eigenvalue weighted by Gasteiger charge is -2.32. The van der Waals surface area contributed by atoms with Crippen LogP contribution in [0.5, 0.6) is 0 Å². The van der Waals surface area contributed by atoms with Crippen LogP contribution in [-0.2, 0) is 14.3 Å². The smallest absolute Gasteiger partial charge is 0.475 e. The number of aliphatic carboxylic acids is 1. The van der Waals surface area contributed by atoms with Gasteiger partial charge in [-0.15, -0.1) is 0 Å². The summed E-state index contributed by atoms with van der Waals surface area (Å²) in [5, 5.41) is 10.2. The number of halogens is 3. The van der Waals surface area contributed by atoms with Gasteiger partial charge in [0.15, 0.2) is 0 Å². The highest BCUT2D eigenvalue weighted by Gasteiger charge is 2.43. The van der Waals surface area contributed by atoms with Crippen molar-refractivity contribution in [1.82, 2.24) is 15.2 Å². The second-order valence-electron chi connectivity index (χ2n) is 8.42. The third-order valence-corrected chi connectivity index (χ3v) is 5.95. The van der Waals surface area contributed by atoms with E-state index in [1.54, 1.807) is 24.5 Å². The molecule has 3 aliphatic rings. The average Bonchev–Trinajstić information content (AvgIpc) is 3.48. The number of hydrogen-bond donors (Lipinski definition) is 2. The number of carboxylic acids is 1. The Morgan fingerprint density at radius 2 is 1.81 bits per heavy atom. The molecule has 1 aromatic heterocycles. The van der Waals surface area contributed by atoms with Crippen LogP contribution < -0.4 is 5.32 Å². The van der Waals surface area contributed by atoms with Crippen molar-refractivity contribution in [2.45, 2.75) is 25.4 Å². The lowest BCUT2D eigenvalue weighted by molar-refractivity contribution is -0.192. The maximum atomic E-state index is 12.7. The number of alkyl halides is 3. The van der Waals surface area contributed by atoms with E-state index in [-0.39, 0.29) is 17.7 Å². The van der Waals surface area contributed by atoms with E-state index < -0.39 is 12.1 Å². The van der Waals surface area contributed by atoms with Gasteiger partial charge in [-0.25, -0.2) is 4.79 Å². The van der Waals surface area contributed by atoms with E-state index in [1.165, 1.54) is 12.8 Å². The Morgan fingerprint density at radius 1 is 1.16 bits per heavy atom. The number of pyridine rings is 1. The van der Waals surface area contributed by atoms with Gasteiger partial charge < -0.3 is 20.1 Å². The van der Waals surface area contributed by atoms with Crippen molar-refractivity contribution in [2.75, 3.05) is 32.8 Å². The molecule has 4 rings (SSSR count). The Balaban J connectivity index is 0.000000360. The van der Waals surface area contributed by atoms with Gasteiger partial charge in [0, 0.05) is 49.9 Å². The fourth-order valence-corrected chi connectivity index (χ4v) is 4.04. The third-order valence-electron chi connectivity index (χ3n) is 5.95. The molecule has 32 heavy (non-hydrogen) atoms. The number of carbonyl (C=O) groups excluding carboxylic acids is 2. The van der Waals surface area contributed by atoms with Crippen LogP contribution in [0.15, 0.2) is 24.5 Å². The van der Waals surface area contributed by atoms with Gasteiger partial charge in [-0.05, 0) is 42.7 Å². The molecule has 0 spiro atoms. The molecule has 176 valence electrons. The molecular weight excluding hydrogens is 431 g/mol. The molecule has 8 nitrogen and oxygen atoms in total. The van der Waals surface area contributed by atoms with Crippen LogP contribution in [-0.4, -0.2) is 71.8 Å². The Morgan fingerprint density at radius 3 is 2.41 bits per heavy atom. The lowest BCUT2D eigenvalue weighted by atomic mass is 9.81. The molecule has 3 fully saturated rings. The largest absolute Gasteiger partial charge is 0.490 e. The van der Waals surface area contributed by atoms with Gasteiger partial charge >= 0.3 is 12.1 Å². The van der Waals surface area contributed by atoms with E-state index in [1.807, 2.05) is 4.90 Å². The maximum Gasteiger partial charge on any atom is 0.490 e. The highest BCUT2D eigenvalue weighted by molar-refractivity contribution is 5.94. The molecule has 0 aromatic carbocycles. The number of rotatable bonds is 5. The second-order valence-corrected chi connectivity index (χ2v) is 8.42. The standard InChI is InChI=1S/C19H25N3O3.C2HF3O2/c23-18(21-8-13-1-2-13)7-15-11-25-12-16-9-22(10-17(15)16)19(24)14-3-5-20-6-4-14;3-2(4,5)1(6)7/h3-6,13,15-17H,1-2,7-12H2,(H,21,23);(H,6,7)/t15-,16-,17+;/m1./s1. The molecule has 0 unspecified atom stereocenters. The van der Waals surface area contributed by atoms with E-state index in [4.69, 9.17) is 14.6 Å². The van der Waals surface area contributed by atoms with Crippen LogP contribution in [0.2, 0.25) is 0 Å². The molecule has 1 aliphatic carbocycles. The van der Waals surface area contributed by atoms with Gasteiger partial charge in [0.1, 0.15) is 0 Å². The van der Waals surface area contributed by atoms with Crippen molar-refractivity contribution in [1.29, 1.82) is 0 Å². The number of nitrogens with zero attached hydrogens (tertiary/aromatic N) is 2. The summed E-state index contributed by atoms with van der Waals surface area (Å²) in [6, 6.07) is 3.51. The zero-order chi connectivity index (χ0) is 23.3. The number of nitrogens with one attached hydrogen (secondary N) is 1. The first-order valence-corrected chi connectivity index (χ1v) is 10.5. The fourth-order valence-electron chi connectivity index (χ4n) is 4.04. The zero-order valence-corrected chi connectivity index (χ0v) is 17.4. The molecule has 2 amide bonds. The van der Waals surface area contributed by atoms with E-state index in [9.17, 15) is 22.8 Å². The molecule has 3 atom stereocenters. The minimum absolute atomic E-state index is 0.0498. The van der Waals surface area contributed by atoms with E-state index >= 15 is 0 Å². The maximum absolute atomic E-state index is 12.7. The van der Waals surface area contributed by atoms with Crippen LogP contribution in [0.3, 0.4) is 0 Å². The van der Waals surface area contributed by atoms with Crippen LogP contribution >= 0.6 is 0 Å². The molecule has 0 radical (unpaired) electrons. The summed E-state index contributed by atoms with van der Waals surface area (Å²) in [7, 11) is 0. The molecule has 2 aliphatic heterocycles. The topological polar surface area (TPSA) is 109 Å². The van der Waals surface area contributed by atoms with Crippen molar-refractivity contribution in [3.05, 3.63) is 30.1 Å². The van der Waals surface area contributed by atoms with Crippen molar-refractivity contribution < 1.29 is 37.4 Å². The molecule has 1 saturated carbocycles. The number of carbonyl (C=O) groups is 3. The van der Waals surface area contributed by atoms with Gasteiger partial charge in [-0.2, -0.15) is 13.2 Å². The van der Waals surface area contributed by atoms with Gasteiger partial charge in [-0.1, -0.05) is 0 Å². The number of carboxylic acid groups (broad SMARTS) is 1. The second kappa shape index (κ2) is 10.3. The molecular formula is C21H26F3N3O5. The van der Waals surface area contributed by atoms with Crippen LogP contribution in [0, 0.1) is 23.7 Å². The summed E-state index contributed by atoms with van der Waals surface area (Å²) in [4.78, 5) is 39.7.